The SMILES string of the molecule is C[C@]12CC[C@H](OC(=O)c3ccccc3)CC1=CCC1C2CC[C@]2(C)/C(=N\O)CCC12. The summed E-state index contributed by atoms with van der Waals surface area (Å²) >= 11 is 0. The lowest BCUT2D eigenvalue weighted by Gasteiger charge is -2.57. The Morgan fingerprint density at radius 1 is 1.07 bits per heavy atom. The molecule has 0 heterocycles. The summed E-state index contributed by atoms with van der Waals surface area (Å²) in [5.74, 6) is 1.80. The first kappa shape index (κ1) is 19.8. The minimum atomic E-state index is -0.200. The molecule has 6 atom stereocenters. The Bertz CT molecular complexity index is 891. The van der Waals surface area contributed by atoms with E-state index in [1.165, 1.54) is 12.0 Å². The predicted molar refractivity (Wildman–Crippen MR) is 117 cm³/mol. The first-order valence-electron chi connectivity index (χ1n) is 11.6. The summed E-state index contributed by atoms with van der Waals surface area (Å²) in [5, 5.41) is 13.2. The first-order valence-corrected chi connectivity index (χ1v) is 11.6. The zero-order valence-corrected chi connectivity index (χ0v) is 18.1. The van der Waals surface area contributed by atoms with Gasteiger partial charge in [0.1, 0.15) is 6.10 Å². The monoisotopic (exact) mass is 407 g/mol. The third-order valence-electron chi connectivity index (χ3n) is 9.20. The Kier molecular flexibility index (Phi) is 4.79. The summed E-state index contributed by atoms with van der Waals surface area (Å²) in [6.45, 7) is 4.79. The molecule has 5 rings (SSSR count). The van der Waals surface area contributed by atoms with E-state index in [0.29, 0.717) is 23.3 Å². The van der Waals surface area contributed by atoms with E-state index in [1.54, 1.807) is 0 Å². The van der Waals surface area contributed by atoms with Crippen molar-refractivity contribution < 1.29 is 14.7 Å². The molecule has 4 nitrogen and oxygen atoms in total. The van der Waals surface area contributed by atoms with Crippen LogP contribution in [0, 0.1) is 28.6 Å². The van der Waals surface area contributed by atoms with Crippen molar-refractivity contribution in [2.24, 2.45) is 33.7 Å². The average molecular weight is 408 g/mol. The minimum Gasteiger partial charge on any atom is -0.458 e. The van der Waals surface area contributed by atoms with E-state index in [2.05, 4.69) is 25.1 Å². The van der Waals surface area contributed by atoms with Crippen molar-refractivity contribution in [1.29, 1.82) is 0 Å². The highest BCUT2D eigenvalue weighted by Gasteiger charge is 2.58. The fraction of sp³-hybridized carbons (Fsp3) is 0.615. The largest absolute Gasteiger partial charge is 0.458 e. The van der Waals surface area contributed by atoms with Gasteiger partial charge in [0.25, 0.3) is 0 Å². The van der Waals surface area contributed by atoms with Crippen LogP contribution in [0.15, 0.2) is 47.1 Å². The molecule has 4 aliphatic rings. The summed E-state index contributed by atoms with van der Waals surface area (Å²) < 4.78 is 5.90. The van der Waals surface area contributed by atoms with Gasteiger partial charge in [-0.3, -0.25) is 0 Å². The van der Waals surface area contributed by atoms with Crippen molar-refractivity contribution in [3.63, 3.8) is 0 Å². The number of allylic oxidation sites excluding steroid dienone is 1. The van der Waals surface area contributed by atoms with E-state index < -0.39 is 0 Å². The number of carbonyl (C=O) groups is 1. The summed E-state index contributed by atoms with van der Waals surface area (Å²) in [7, 11) is 0. The van der Waals surface area contributed by atoms with Crippen molar-refractivity contribution in [1.82, 2.24) is 0 Å². The van der Waals surface area contributed by atoms with Crippen LogP contribution < -0.4 is 0 Å². The van der Waals surface area contributed by atoms with E-state index in [4.69, 9.17) is 4.74 Å². The molecule has 0 bridgehead atoms. The maximum Gasteiger partial charge on any atom is 0.338 e. The van der Waals surface area contributed by atoms with Crippen LogP contribution in [0.2, 0.25) is 0 Å². The number of hydrogen-bond acceptors (Lipinski definition) is 4. The first-order chi connectivity index (χ1) is 14.5. The van der Waals surface area contributed by atoms with Gasteiger partial charge in [-0.15, -0.1) is 0 Å². The molecule has 0 spiro atoms. The minimum absolute atomic E-state index is 0.0120. The van der Waals surface area contributed by atoms with Crippen molar-refractivity contribution >= 4 is 11.7 Å². The summed E-state index contributed by atoms with van der Waals surface area (Å²) in [4.78, 5) is 12.5. The van der Waals surface area contributed by atoms with E-state index in [9.17, 15) is 10.0 Å². The highest BCUT2D eigenvalue weighted by molar-refractivity contribution is 5.92. The molecule has 30 heavy (non-hydrogen) atoms. The Morgan fingerprint density at radius 3 is 2.57 bits per heavy atom. The van der Waals surface area contributed by atoms with Crippen LogP contribution in [0.4, 0.5) is 0 Å². The van der Waals surface area contributed by atoms with Crippen molar-refractivity contribution in [2.75, 3.05) is 0 Å². The number of rotatable bonds is 2. The Balaban J connectivity index is 1.33. The lowest BCUT2D eigenvalue weighted by Crippen LogP contribution is -2.50. The molecule has 1 aromatic rings. The van der Waals surface area contributed by atoms with Gasteiger partial charge in [0.05, 0.1) is 11.3 Å². The van der Waals surface area contributed by atoms with Gasteiger partial charge in [-0.05, 0) is 80.2 Å². The van der Waals surface area contributed by atoms with Gasteiger partial charge < -0.3 is 9.94 Å². The van der Waals surface area contributed by atoms with E-state index >= 15 is 0 Å². The summed E-state index contributed by atoms with van der Waals surface area (Å²) in [6.07, 6.45) is 11.0. The highest BCUT2D eigenvalue weighted by Crippen LogP contribution is 2.64. The lowest BCUT2D eigenvalue weighted by molar-refractivity contribution is -0.0287. The van der Waals surface area contributed by atoms with Crippen molar-refractivity contribution in [3.05, 3.63) is 47.5 Å². The quantitative estimate of drug-likeness (QED) is 0.283. The van der Waals surface area contributed by atoms with Gasteiger partial charge >= 0.3 is 5.97 Å². The summed E-state index contributed by atoms with van der Waals surface area (Å²) in [5.41, 5.74) is 3.48. The third kappa shape index (κ3) is 2.94. The average Bonchev–Trinajstić information content (AvgIpc) is 3.11. The van der Waals surface area contributed by atoms with Crippen LogP contribution in [-0.2, 0) is 4.74 Å². The van der Waals surface area contributed by atoms with Crippen molar-refractivity contribution in [2.45, 2.75) is 71.3 Å². The molecule has 160 valence electrons. The van der Waals surface area contributed by atoms with Gasteiger partial charge in [0.2, 0.25) is 0 Å². The molecular weight excluding hydrogens is 374 g/mol. The number of hydrogen-bond donors (Lipinski definition) is 1. The maximum atomic E-state index is 12.5. The molecule has 4 aliphatic carbocycles. The number of fused-ring (bicyclic) bond motifs is 5. The number of benzene rings is 1. The highest BCUT2D eigenvalue weighted by atomic mass is 16.5. The van der Waals surface area contributed by atoms with Gasteiger partial charge in [-0.2, -0.15) is 0 Å². The second-order valence-corrected chi connectivity index (χ2v) is 10.4. The van der Waals surface area contributed by atoms with Crippen LogP contribution in [0.25, 0.3) is 0 Å². The fourth-order valence-electron chi connectivity index (χ4n) is 7.47. The Labute approximate surface area is 179 Å². The van der Waals surface area contributed by atoms with Crippen LogP contribution >= 0.6 is 0 Å². The van der Waals surface area contributed by atoms with Gasteiger partial charge in [-0.1, -0.05) is 48.9 Å². The van der Waals surface area contributed by atoms with E-state index in [-0.39, 0.29) is 22.9 Å². The molecule has 4 heteroatoms. The molecule has 0 aromatic heterocycles. The molecule has 3 fully saturated rings. The lowest BCUT2D eigenvalue weighted by atomic mass is 9.48. The topological polar surface area (TPSA) is 58.9 Å². The standard InChI is InChI=1S/C26H33NO3/c1-25-14-12-19(30-24(28)17-6-4-3-5-7-17)16-18(25)8-9-20-21-10-11-23(27-29)26(21,2)15-13-22(20)25/h3-8,19-22,29H,9-16H2,1-2H3/b27-23-/t19-,20?,21?,22?,25-,26-/m0/s1. The molecule has 3 unspecified atom stereocenters. The zero-order chi connectivity index (χ0) is 20.9. The Hall–Kier alpha value is -2.10. The number of oxime groups is 1. The number of nitrogens with zero attached hydrogens (tertiary/aromatic N) is 1. The third-order valence-corrected chi connectivity index (χ3v) is 9.20. The number of carbonyl (C=O) groups excluding carboxylic acids is 1. The maximum absolute atomic E-state index is 12.5. The second-order valence-electron chi connectivity index (χ2n) is 10.4. The number of esters is 1. The molecule has 0 aliphatic heterocycles. The second kappa shape index (κ2) is 7.25. The fourth-order valence-corrected chi connectivity index (χ4v) is 7.47. The summed E-state index contributed by atoms with van der Waals surface area (Å²) in [6, 6.07) is 9.33. The normalized spacial score (nSPS) is 41.4. The van der Waals surface area contributed by atoms with E-state index in [0.717, 1.165) is 50.7 Å². The van der Waals surface area contributed by atoms with Crippen LogP contribution in [0.5, 0.6) is 0 Å². The zero-order valence-electron chi connectivity index (χ0n) is 18.1. The van der Waals surface area contributed by atoms with Crippen LogP contribution in [-0.4, -0.2) is 23.0 Å². The van der Waals surface area contributed by atoms with Crippen LogP contribution in [0.1, 0.15) is 75.6 Å². The van der Waals surface area contributed by atoms with Crippen LogP contribution in [0.3, 0.4) is 0 Å². The molecule has 1 N–H and O–H groups in total. The van der Waals surface area contributed by atoms with Gasteiger partial charge in [0, 0.05) is 11.8 Å². The van der Waals surface area contributed by atoms with Crippen molar-refractivity contribution in [3.8, 4) is 0 Å². The van der Waals surface area contributed by atoms with Gasteiger partial charge in [-0.25, -0.2) is 4.79 Å². The Morgan fingerprint density at radius 2 is 1.80 bits per heavy atom. The smallest absolute Gasteiger partial charge is 0.338 e. The molecule has 0 amide bonds. The predicted octanol–water partition coefficient (Wildman–Crippen LogP) is 6.01. The molecule has 1 aromatic carbocycles. The molecule has 0 radical (unpaired) electrons. The van der Waals surface area contributed by atoms with Gasteiger partial charge in [0.15, 0.2) is 0 Å². The number of ether oxygens (including phenoxy) is 1. The molecule has 0 saturated heterocycles. The molecular formula is C26H33NO3. The van der Waals surface area contributed by atoms with E-state index in [1.807, 2.05) is 30.3 Å². The molecule has 3 saturated carbocycles.